The Morgan fingerprint density at radius 1 is 1.44 bits per heavy atom. The molecule has 5 nitrogen and oxygen atoms in total. The Balaban J connectivity index is 0. The predicted molar refractivity (Wildman–Crippen MR) is 23.8 cm³/mol. The van der Waals surface area contributed by atoms with Gasteiger partial charge in [-0.2, -0.15) is 15.0 Å². The van der Waals surface area contributed by atoms with Crippen LogP contribution in [0.25, 0.3) is 0 Å². The molecule has 0 heterocycles. The first-order chi connectivity index (χ1) is 3.48. The summed E-state index contributed by atoms with van der Waals surface area (Å²) in [7, 11) is -4.50. The van der Waals surface area contributed by atoms with Crippen molar-refractivity contribution < 1.29 is 42.0 Å². The minimum atomic E-state index is -4.50. The molecule has 0 saturated carbocycles. The molecule has 0 aliphatic heterocycles. The van der Waals surface area contributed by atoms with Crippen molar-refractivity contribution in [1.82, 2.24) is 0 Å². The molecule has 0 saturated heterocycles. The topological polar surface area (TPSA) is 94.8 Å². The van der Waals surface area contributed by atoms with Crippen molar-refractivity contribution in [3.63, 3.8) is 0 Å². The van der Waals surface area contributed by atoms with Gasteiger partial charge in [0.15, 0.2) is 0 Å². The van der Waals surface area contributed by atoms with Gasteiger partial charge in [-0.1, -0.05) is 0 Å². The second-order valence-electron chi connectivity index (χ2n) is 1.05. The molecule has 0 bridgehead atoms. The van der Waals surface area contributed by atoms with Crippen LogP contribution < -0.4 is 18.9 Å². The van der Waals surface area contributed by atoms with E-state index in [9.17, 15) is 8.42 Å². The fourth-order valence-electron chi connectivity index (χ4n) is 0.0769. The Morgan fingerprint density at radius 3 is 1.78 bits per heavy atom. The van der Waals surface area contributed by atoms with Gasteiger partial charge in [0.05, 0.1) is 5.44 Å². The molecule has 0 spiro atoms. The quantitative estimate of drug-likeness (QED) is 0.209. The normalized spacial score (nSPS) is 14.1. The van der Waals surface area contributed by atoms with Gasteiger partial charge in [-0.3, -0.25) is 4.55 Å². The van der Waals surface area contributed by atoms with Crippen LogP contribution in [0, 0.1) is 6.61 Å². The fourth-order valence-corrected chi connectivity index (χ4v) is 0.231. The number of hydrogen-bond donors (Lipinski definition) is 3. The summed E-state index contributed by atoms with van der Waals surface area (Å²) in [6.07, 6.45) is 0. The van der Waals surface area contributed by atoms with Crippen LogP contribution in [-0.4, -0.2) is 28.6 Å². The van der Waals surface area contributed by atoms with Crippen LogP contribution in [0.4, 0.5) is 0 Å². The molecule has 0 aliphatic carbocycles. The van der Waals surface area contributed by atoms with Gasteiger partial charge in [-0.25, -0.2) is 0 Å². The van der Waals surface area contributed by atoms with E-state index < -0.39 is 15.6 Å². The van der Waals surface area contributed by atoms with E-state index in [4.69, 9.17) is 14.8 Å². The molecule has 0 fully saturated rings. The number of aliphatic hydroxyl groups is 2. The van der Waals surface area contributed by atoms with Gasteiger partial charge in [0.25, 0.3) is 10.1 Å². The standard InChI is InChI=1S/C2H5O5S.Li/c3-1-2(4)8(5,6)7;/h1-4H,(H,5,6,7);/q-1;+1. The molecule has 50 valence electrons. The van der Waals surface area contributed by atoms with E-state index in [-0.39, 0.29) is 25.5 Å². The van der Waals surface area contributed by atoms with Gasteiger partial charge in [0.2, 0.25) is 0 Å². The second-order valence-corrected chi connectivity index (χ2v) is 2.57. The molecule has 0 aromatic rings. The summed E-state index contributed by atoms with van der Waals surface area (Å²) in [5.41, 5.74) is -2.19. The van der Waals surface area contributed by atoms with Gasteiger partial charge in [-0.15, -0.1) is 0 Å². The number of rotatable bonds is 2. The van der Waals surface area contributed by atoms with Crippen molar-refractivity contribution >= 4 is 10.1 Å². The first-order valence-electron chi connectivity index (χ1n) is 1.60. The van der Waals surface area contributed by atoms with Crippen LogP contribution >= 0.6 is 0 Å². The summed E-state index contributed by atoms with van der Waals surface area (Å²) < 4.78 is 27.2. The van der Waals surface area contributed by atoms with Gasteiger partial charge < -0.3 is 10.2 Å². The fraction of sp³-hybridized carbons (Fsp3) is 0.500. The Kier molecular flexibility index (Phi) is 5.77. The third-order valence-corrected chi connectivity index (χ3v) is 1.16. The summed E-state index contributed by atoms with van der Waals surface area (Å²) in [5, 5.41) is 15.8. The SMILES string of the molecule is O=S(=O)(O)C(O)[CH-]O.[Li+]. The van der Waals surface area contributed by atoms with Crippen molar-refractivity contribution in [1.29, 1.82) is 0 Å². The molecule has 7 heteroatoms. The minimum Gasteiger partial charge on any atom is -0.562 e. The Hall–Kier alpha value is 0.427. The van der Waals surface area contributed by atoms with Gasteiger partial charge >= 0.3 is 18.9 Å². The largest absolute Gasteiger partial charge is 1.00 e. The van der Waals surface area contributed by atoms with Gasteiger partial charge in [0, 0.05) is 0 Å². The smallest absolute Gasteiger partial charge is 0.562 e. The van der Waals surface area contributed by atoms with E-state index in [1.807, 2.05) is 0 Å². The third kappa shape index (κ3) is 4.90. The molecule has 9 heavy (non-hydrogen) atoms. The number of aliphatic hydroxyl groups excluding tert-OH is 2. The first-order valence-corrected chi connectivity index (χ1v) is 3.10. The van der Waals surface area contributed by atoms with Crippen LogP contribution in [0.3, 0.4) is 0 Å². The molecule has 0 aromatic heterocycles. The maximum absolute atomic E-state index is 9.68. The van der Waals surface area contributed by atoms with Crippen molar-refractivity contribution in [3.8, 4) is 0 Å². The first kappa shape index (κ1) is 12.1. The summed E-state index contributed by atoms with van der Waals surface area (Å²) in [6, 6.07) is 0. The van der Waals surface area contributed by atoms with Gasteiger partial charge in [-0.05, 0) is 0 Å². The maximum atomic E-state index is 9.68. The average molecular weight is 148 g/mol. The molecule has 0 aromatic carbocycles. The van der Waals surface area contributed by atoms with Crippen LogP contribution in [-0.2, 0) is 10.1 Å². The molecular weight excluding hydrogens is 143 g/mol. The van der Waals surface area contributed by atoms with Gasteiger partial charge in [0.1, 0.15) is 0 Å². The van der Waals surface area contributed by atoms with Crippen LogP contribution in [0.1, 0.15) is 0 Å². The molecule has 0 amide bonds. The Labute approximate surface area is 64.6 Å². The zero-order valence-corrected chi connectivity index (χ0v) is 5.54. The van der Waals surface area contributed by atoms with E-state index in [0.717, 1.165) is 0 Å². The molecule has 3 N–H and O–H groups in total. The second kappa shape index (κ2) is 4.28. The van der Waals surface area contributed by atoms with E-state index in [2.05, 4.69) is 0 Å². The van der Waals surface area contributed by atoms with E-state index in [1.54, 1.807) is 0 Å². The molecule has 1 unspecified atom stereocenters. The summed E-state index contributed by atoms with van der Waals surface area (Å²) in [6.45, 7) is -0.0324. The van der Waals surface area contributed by atoms with E-state index >= 15 is 0 Å². The molecule has 0 radical (unpaired) electrons. The predicted octanol–water partition coefficient (Wildman–Crippen LogP) is -4.27. The van der Waals surface area contributed by atoms with Crippen molar-refractivity contribution in [2.45, 2.75) is 5.44 Å². The van der Waals surface area contributed by atoms with Crippen molar-refractivity contribution in [2.24, 2.45) is 0 Å². The molecular formula is C2H5LiO5S. The maximum Gasteiger partial charge on any atom is 1.00 e. The Bertz CT molecular complexity index is 150. The average Bonchev–Trinajstić information content (AvgIpc) is 1.62. The minimum absolute atomic E-state index is 0. The number of hydrogen-bond acceptors (Lipinski definition) is 4. The zero-order valence-electron chi connectivity index (χ0n) is 4.72. The third-order valence-electron chi connectivity index (χ3n) is 0.433. The summed E-state index contributed by atoms with van der Waals surface area (Å²) in [5.74, 6) is 0. The Morgan fingerprint density at radius 2 is 1.78 bits per heavy atom. The molecule has 0 aliphatic rings. The van der Waals surface area contributed by atoms with Crippen molar-refractivity contribution in [3.05, 3.63) is 6.61 Å². The van der Waals surface area contributed by atoms with Crippen LogP contribution in [0.2, 0.25) is 0 Å². The van der Waals surface area contributed by atoms with E-state index in [1.165, 1.54) is 0 Å². The van der Waals surface area contributed by atoms with E-state index in [0.29, 0.717) is 0 Å². The molecule has 0 rings (SSSR count). The monoisotopic (exact) mass is 148 g/mol. The van der Waals surface area contributed by atoms with Crippen LogP contribution in [0.5, 0.6) is 0 Å². The zero-order chi connectivity index (χ0) is 6.78. The molecule has 1 atom stereocenters. The summed E-state index contributed by atoms with van der Waals surface area (Å²) in [4.78, 5) is 0. The van der Waals surface area contributed by atoms with Crippen LogP contribution in [0.15, 0.2) is 0 Å². The van der Waals surface area contributed by atoms with Crippen molar-refractivity contribution in [2.75, 3.05) is 0 Å². The summed E-state index contributed by atoms with van der Waals surface area (Å²) >= 11 is 0.